The first kappa shape index (κ1) is 22.0. The average molecular weight is 439 g/mol. The number of ether oxygens (including phenoxy) is 1. The Morgan fingerprint density at radius 2 is 1.65 bits per heavy atom. The zero-order chi connectivity index (χ0) is 22.4. The molecule has 3 aromatic carbocycles. The lowest BCUT2D eigenvalue weighted by Gasteiger charge is -2.11. The lowest BCUT2D eigenvalue weighted by molar-refractivity contribution is -0.118. The Bertz CT molecular complexity index is 1200. The topological polar surface area (TPSA) is 102 Å². The molecule has 2 N–H and O–H groups in total. The molecule has 0 radical (unpaired) electrons. The fraction of sp³-hybridized carbons (Fsp3) is 0.130. The standard InChI is InChI=1S/C23H22N2O5S/c1-16-6-3-4-9-22(16)25-31(28,29)21-12-10-20(11-13-21)30-15-23(27)24-19-8-5-7-18(14-19)17(2)26/h3-14,25H,15H2,1-2H3,(H,24,27). The van der Waals surface area contributed by atoms with Gasteiger partial charge in [0.1, 0.15) is 5.75 Å². The van der Waals surface area contributed by atoms with Crippen LogP contribution in [0.25, 0.3) is 0 Å². The summed E-state index contributed by atoms with van der Waals surface area (Å²) in [5.41, 5.74) is 2.30. The molecule has 0 aromatic heterocycles. The van der Waals surface area contributed by atoms with Crippen LogP contribution in [-0.4, -0.2) is 26.7 Å². The summed E-state index contributed by atoms with van der Waals surface area (Å²) in [6.45, 7) is 3.00. The summed E-state index contributed by atoms with van der Waals surface area (Å²) < 4.78 is 33.1. The SMILES string of the molecule is CC(=O)c1cccc(NC(=O)COc2ccc(S(=O)(=O)Nc3ccccc3C)cc2)c1. The zero-order valence-electron chi connectivity index (χ0n) is 17.1. The fourth-order valence-electron chi connectivity index (χ4n) is 2.77. The molecular formula is C23H22N2O5S. The number of anilines is 2. The molecule has 0 heterocycles. The van der Waals surface area contributed by atoms with Crippen molar-refractivity contribution in [1.82, 2.24) is 0 Å². The van der Waals surface area contributed by atoms with Crippen LogP contribution in [0.5, 0.6) is 5.75 Å². The van der Waals surface area contributed by atoms with Gasteiger partial charge in [0.05, 0.1) is 10.6 Å². The van der Waals surface area contributed by atoms with Crippen LogP contribution in [0.4, 0.5) is 11.4 Å². The molecule has 0 aliphatic heterocycles. The Hall–Kier alpha value is -3.65. The predicted octanol–water partition coefficient (Wildman–Crippen LogP) is 4.02. The maximum Gasteiger partial charge on any atom is 0.262 e. The van der Waals surface area contributed by atoms with Crippen molar-refractivity contribution in [3.05, 3.63) is 83.9 Å². The summed E-state index contributed by atoms with van der Waals surface area (Å²) in [4.78, 5) is 23.6. The molecule has 0 spiro atoms. The molecular weight excluding hydrogens is 416 g/mol. The molecule has 0 bridgehead atoms. The van der Waals surface area contributed by atoms with Gasteiger partial charge in [-0.2, -0.15) is 0 Å². The number of para-hydroxylation sites is 1. The van der Waals surface area contributed by atoms with E-state index in [1.54, 1.807) is 36.4 Å². The molecule has 0 unspecified atom stereocenters. The normalized spacial score (nSPS) is 10.9. The average Bonchev–Trinajstić information content (AvgIpc) is 2.74. The van der Waals surface area contributed by atoms with Crippen molar-refractivity contribution in [2.75, 3.05) is 16.6 Å². The van der Waals surface area contributed by atoms with E-state index in [1.165, 1.54) is 31.2 Å². The molecule has 0 aliphatic rings. The highest BCUT2D eigenvalue weighted by Crippen LogP contribution is 2.21. The molecule has 0 saturated heterocycles. The molecule has 0 saturated carbocycles. The second kappa shape index (κ2) is 9.44. The summed E-state index contributed by atoms with van der Waals surface area (Å²) in [6, 6.07) is 19.5. The fourth-order valence-corrected chi connectivity index (χ4v) is 3.90. The van der Waals surface area contributed by atoms with Crippen LogP contribution in [0, 0.1) is 6.92 Å². The number of ketones is 1. The molecule has 0 aliphatic carbocycles. The van der Waals surface area contributed by atoms with Crippen LogP contribution in [-0.2, 0) is 14.8 Å². The summed E-state index contributed by atoms with van der Waals surface area (Å²) in [7, 11) is -3.75. The van der Waals surface area contributed by atoms with Gasteiger partial charge in [0.2, 0.25) is 0 Å². The maximum atomic E-state index is 12.6. The molecule has 160 valence electrons. The number of rotatable bonds is 8. The Morgan fingerprint density at radius 3 is 2.32 bits per heavy atom. The Labute approximate surface area is 181 Å². The van der Waals surface area contributed by atoms with E-state index in [1.807, 2.05) is 19.1 Å². The van der Waals surface area contributed by atoms with Gasteiger partial charge in [-0.05, 0) is 61.9 Å². The third-order valence-electron chi connectivity index (χ3n) is 4.45. The quantitative estimate of drug-likeness (QED) is 0.518. The first-order valence-corrected chi connectivity index (χ1v) is 10.9. The van der Waals surface area contributed by atoms with E-state index < -0.39 is 15.9 Å². The lowest BCUT2D eigenvalue weighted by Crippen LogP contribution is -2.20. The number of carbonyl (C=O) groups excluding carboxylic acids is 2. The molecule has 3 rings (SSSR count). The molecule has 0 fully saturated rings. The van der Waals surface area contributed by atoms with Crippen LogP contribution in [0.1, 0.15) is 22.8 Å². The Morgan fingerprint density at radius 1 is 0.935 bits per heavy atom. The van der Waals surface area contributed by atoms with E-state index in [9.17, 15) is 18.0 Å². The van der Waals surface area contributed by atoms with Gasteiger partial charge in [-0.1, -0.05) is 30.3 Å². The van der Waals surface area contributed by atoms with Crippen LogP contribution < -0.4 is 14.8 Å². The third kappa shape index (κ3) is 5.93. The van der Waals surface area contributed by atoms with Gasteiger partial charge in [-0.3, -0.25) is 14.3 Å². The summed E-state index contributed by atoms with van der Waals surface area (Å²) in [5.74, 6) is -0.152. The monoisotopic (exact) mass is 438 g/mol. The highest BCUT2D eigenvalue weighted by Gasteiger charge is 2.15. The first-order valence-electron chi connectivity index (χ1n) is 9.47. The second-order valence-corrected chi connectivity index (χ2v) is 8.55. The number of Topliss-reactive ketones (excluding diaryl/α,β-unsaturated/α-hetero) is 1. The van der Waals surface area contributed by atoms with E-state index in [0.717, 1.165) is 5.56 Å². The van der Waals surface area contributed by atoms with E-state index in [2.05, 4.69) is 10.0 Å². The number of nitrogens with one attached hydrogen (secondary N) is 2. The van der Waals surface area contributed by atoms with E-state index in [0.29, 0.717) is 22.7 Å². The molecule has 0 atom stereocenters. The minimum atomic E-state index is -3.75. The molecule has 31 heavy (non-hydrogen) atoms. The van der Waals surface area contributed by atoms with Crippen molar-refractivity contribution in [2.24, 2.45) is 0 Å². The van der Waals surface area contributed by atoms with Gasteiger partial charge in [0, 0.05) is 11.3 Å². The second-order valence-electron chi connectivity index (χ2n) is 6.87. The number of hydrogen-bond acceptors (Lipinski definition) is 5. The lowest BCUT2D eigenvalue weighted by atomic mass is 10.1. The highest BCUT2D eigenvalue weighted by molar-refractivity contribution is 7.92. The number of sulfonamides is 1. The highest BCUT2D eigenvalue weighted by atomic mass is 32.2. The van der Waals surface area contributed by atoms with Crippen molar-refractivity contribution in [1.29, 1.82) is 0 Å². The first-order chi connectivity index (χ1) is 14.7. The van der Waals surface area contributed by atoms with Gasteiger partial charge in [0.15, 0.2) is 12.4 Å². The van der Waals surface area contributed by atoms with Crippen molar-refractivity contribution < 1.29 is 22.7 Å². The number of carbonyl (C=O) groups is 2. The Balaban J connectivity index is 1.59. The van der Waals surface area contributed by atoms with Crippen molar-refractivity contribution in [3.8, 4) is 5.75 Å². The predicted molar refractivity (Wildman–Crippen MR) is 119 cm³/mol. The summed E-state index contributed by atoms with van der Waals surface area (Å²) >= 11 is 0. The third-order valence-corrected chi connectivity index (χ3v) is 5.83. The molecule has 1 amide bonds. The van der Waals surface area contributed by atoms with Crippen LogP contribution >= 0.6 is 0 Å². The van der Waals surface area contributed by atoms with Gasteiger partial charge in [-0.25, -0.2) is 8.42 Å². The largest absolute Gasteiger partial charge is 0.484 e. The number of amides is 1. The van der Waals surface area contributed by atoms with Crippen LogP contribution in [0.2, 0.25) is 0 Å². The van der Waals surface area contributed by atoms with Crippen molar-refractivity contribution in [2.45, 2.75) is 18.7 Å². The summed E-state index contributed by atoms with van der Waals surface area (Å²) in [5, 5.41) is 2.65. The smallest absolute Gasteiger partial charge is 0.262 e. The molecule has 3 aromatic rings. The van der Waals surface area contributed by atoms with E-state index >= 15 is 0 Å². The van der Waals surface area contributed by atoms with Crippen molar-refractivity contribution in [3.63, 3.8) is 0 Å². The molecule has 8 heteroatoms. The van der Waals surface area contributed by atoms with Gasteiger partial charge >= 0.3 is 0 Å². The maximum absolute atomic E-state index is 12.6. The minimum Gasteiger partial charge on any atom is -0.484 e. The van der Waals surface area contributed by atoms with Crippen molar-refractivity contribution >= 4 is 33.1 Å². The van der Waals surface area contributed by atoms with E-state index in [-0.39, 0.29) is 17.3 Å². The van der Waals surface area contributed by atoms with Crippen LogP contribution in [0.3, 0.4) is 0 Å². The van der Waals surface area contributed by atoms with Gasteiger partial charge in [0.25, 0.3) is 15.9 Å². The summed E-state index contributed by atoms with van der Waals surface area (Å²) in [6.07, 6.45) is 0. The van der Waals surface area contributed by atoms with Gasteiger partial charge < -0.3 is 10.1 Å². The van der Waals surface area contributed by atoms with Crippen LogP contribution in [0.15, 0.2) is 77.7 Å². The Kier molecular flexibility index (Phi) is 6.71. The minimum absolute atomic E-state index is 0.0774. The van der Waals surface area contributed by atoms with E-state index in [4.69, 9.17) is 4.74 Å². The number of benzene rings is 3. The number of hydrogen-bond donors (Lipinski definition) is 2. The molecule has 7 nitrogen and oxygen atoms in total. The zero-order valence-corrected chi connectivity index (χ0v) is 17.9. The van der Waals surface area contributed by atoms with Gasteiger partial charge in [-0.15, -0.1) is 0 Å². The number of aryl methyl sites for hydroxylation is 1.